The minimum Gasteiger partial charge on any atom is -0.496 e. The Labute approximate surface area is 173 Å². The number of ether oxygens (including phenoxy) is 1. The van der Waals surface area contributed by atoms with E-state index in [0.29, 0.717) is 0 Å². The van der Waals surface area contributed by atoms with E-state index >= 15 is 0 Å². The normalized spacial score (nSPS) is 10.7. The highest BCUT2D eigenvalue weighted by atomic mass is 127. The fourth-order valence-corrected chi connectivity index (χ4v) is 2.63. The van der Waals surface area contributed by atoms with Crippen LogP contribution in [0.1, 0.15) is 12.0 Å². The van der Waals surface area contributed by atoms with E-state index in [1.54, 1.807) is 7.11 Å². The lowest BCUT2D eigenvalue weighted by Crippen LogP contribution is -2.39. The van der Waals surface area contributed by atoms with E-state index in [2.05, 4.69) is 38.7 Å². The van der Waals surface area contributed by atoms with Crippen molar-refractivity contribution in [1.82, 2.24) is 10.2 Å². The van der Waals surface area contributed by atoms with Crippen LogP contribution in [-0.2, 0) is 6.54 Å². The third kappa shape index (κ3) is 7.11. The maximum absolute atomic E-state index is 5.42. The Morgan fingerprint density at radius 2 is 1.73 bits per heavy atom. The summed E-state index contributed by atoms with van der Waals surface area (Å²) in [5.74, 6) is 1.78. The smallest absolute Gasteiger partial charge is 0.193 e. The first kappa shape index (κ1) is 22.1. The van der Waals surface area contributed by atoms with Crippen LogP contribution in [0.3, 0.4) is 0 Å². The number of benzene rings is 2. The second-order valence-corrected chi connectivity index (χ2v) is 5.79. The molecule has 2 aromatic rings. The van der Waals surface area contributed by atoms with Crippen molar-refractivity contribution < 1.29 is 4.74 Å². The summed E-state index contributed by atoms with van der Waals surface area (Å²) in [7, 11) is 5.54. The van der Waals surface area contributed by atoms with Crippen LogP contribution < -0.4 is 15.4 Å². The molecule has 2 rings (SSSR count). The van der Waals surface area contributed by atoms with Crippen molar-refractivity contribution in [3.63, 3.8) is 0 Å². The number of halogens is 1. The molecule has 0 aromatic heterocycles. The minimum absolute atomic E-state index is 0. The number of hydrogen-bond acceptors (Lipinski definition) is 3. The number of nitrogens with zero attached hydrogens (tertiary/aromatic N) is 2. The van der Waals surface area contributed by atoms with Gasteiger partial charge in [0.2, 0.25) is 0 Å². The van der Waals surface area contributed by atoms with Gasteiger partial charge in [-0.05, 0) is 24.6 Å². The standard InChI is InChI=1S/C20H28N4O.HI/c1-21-20(23-15-9-14-22-18-11-5-4-6-12-18)24(2)16-17-10-7-8-13-19(17)25-3;/h4-8,10-13,22H,9,14-16H2,1-3H3,(H,21,23);1H. The topological polar surface area (TPSA) is 48.9 Å². The Hall–Kier alpha value is -1.96. The number of nitrogens with one attached hydrogen (secondary N) is 2. The summed E-state index contributed by atoms with van der Waals surface area (Å²) in [6, 6.07) is 18.3. The largest absolute Gasteiger partial charge is 0.496 e. The van der Waals surface area contributed by atoms with Crippen LogP contribution in [0.15, 0.2) is 59.6 Å². The zero-order chi connectivity index (χ0) is 17.9. The molecule has 0 aliphatic heterocycles. The third-order valence-corrected chi connectivity index (χ3v) is 3.91. The van der Waals surface area contributed by atoms with Gasteiger partial charge in [-0.15, -0.1) is 24.0 Å². The number of guanidine groups is 1. The number of anilines is 1. The lowest BCUT2D eigenvalue weighted by Gasteiger charge is -2.23. The van der Waals surface area contributed by atoms with Gasteiger partial charge in [0.15, 0.2) is 5.96 Å². The Morgan fingerprint density at radius 1 is 1.04 bits per heavy atom. The van der Waals surface area contributed by atoms with Crippen molar-refractivity contribution in [2.75, 3.05) is 39.6 Å². The van der Waals surface area contributed by atoms with Crippen LogP contribution in [0.4, 0.5) is 5.69 Å². The summed E-state index contributed by atoms with van der Waals surface area (Å²) < 4.78 is 5.42. The molecule has 26 heavy (non-hydrogen) atoms. The van der Waals surface area contributed by atoms with Gasteiger partial charge in [-0.2, -0.15) is 0 Å². The van der Waals surface area contributed by atoms with Gasteiger partial charge in [0, 0.05) is 45.0 Å². The van der Waals surface area contributed by atoms with Gasteiger partial charge >= 0.3 is 0 Å². The van der Waals surface area contributed by atoms with Crippen molar-refractivity contribution in [3.8, 4) is 5.75 Å². The molecule has 0 bridgehead atoms. The van der Waals surface area contributed by atoms with E-state index in [1.165, 1.54) is 0 Å². The predicted octanol–water partition coefficient (Wildman–Crippen LogP) is 3.82. The van der Waals surface area contributed by atoms with Gasteiger partial charge in [0.1, 0.15) is 5.75 Å². The van der Waals surface area contributed by atoms with Crippen molar-refractivity contribution in [2.45, 2.75) is 13.0 Å². The molecule has 2 N–H and O–H groups in total. The molecule has 0 heterocycles. The molecule has 0 atom stereocenters. The molecule has 0 saturated heterocycles. The van der Waals surface area contributed by atoms with Crippen LogP contribution >= 0.6 is 24.0 Å². The van der Waals surface area contributed by atoms with Crippen molar-refractivity contribution in [3.05, 3.63) is 60.2 Å². The number of rotatable bonds is 8. The molecule has 142 valence electrons. The van der Waals surface area contributed by atoms with Crippen LogP contribution in [0.2, 0.25) is 0 Å². The molecule has 0 aliphatic carbocycles. The molecular weight excluding hydrogens is 439 g/mol. The van der Waals surface area contributed by atoms with Gasteiger partial charge in [0.25, 0.3) is 0 Å². The van der Waals surface area contributed by atoms with Crippen LogP contribution in [-0.4, -0.2) is 45.2 Å². The molecule has 0 fully saturated rings. The molecule has 6 heteroatoms. The fourth-order valence-electron chi connectivity index (χ4n) is 2.63. The molecular formula is C20H29IN4O. The number of aliphatic imine (C=N–C) groups is 1. The van der Waals surface area contributed by atoms with Gasteiger partial charge in [-0.1, -0.05) is 36.4 Å². The molecule has 0 amide bonds. The summed E-state index contributed by atoms with van der Waals surface area (Å²) in [6.45, 7) is 2.53. The van der Waals surface area contributed by atoms with Crippen LogP contribution in [0.25, 0.3) is 0 Å². The second-order valence-electron chi connectivity index (χ2n) is 5.79. The first-order chi connectivity index (χ1) is 12.2. The van der Waals surface area contributed by atoms with Crippen molar-refractivity contribution >= 4 is 35.6 Å². The monoisotopic (exact) mass is 468 g/mol. The van der Waals surface area contributed by atoms with E-state index in [4.69, 9.17) is 4.74 Å². The molecule has 0 spiro atoms. The molecule has 5 nitrogen and oxygen atoms in total. The highest BCUT2D eigenvalue weighted by Crippen LogP contribution is 2.18. The lowest BCUT2D eigenvalue weighted by atomic mass is 10.2. The van der Waals surface area contributed by atoms with E-state index in [9.17, 15) is 0 Å². The minimum atomic E-state index is 0. The molecule has 0 aliphatic rings. The summed E-state index contributed by atoms with van der Waals surface area (Å²) in [5.41, 5.74) is 2.29. The first-order valence-corrected chi connectivity index (χ1v) is 8.57. The van der Waals surface area contributed by atoms with Crippen LogP contribution in [0.5, 0.6) is 5.75 Å². The highest BCUT2D eigenvalue weighted by Gasteiger charge is 2.09. The summed E-state index contributed by atoms with van der Waals surface area (Å²) in [5, 5.41) is 6.82. The highest BCUT2D eigenvalue weighted by molar-refractivity contribution is 14.0. The molecule has 0 radical (unpaired) electrons. The zero-order valence-electron chi connectivity index (χ0n) is 15.7. The van der Waals surface area contributed by atoms with E-state index in [0.717, 1.165) is 49.0 Å². The van der Waals surface area contributed by atoms with Crippen LogP contribution in [0, 0.1) is 0 Å². The predicted molar refractivity (Wildman–Crippen MR) is 121 cm³/mol. The maximum Gasteiger partial charge on any atom is 0.193 e. The fraction of sp³-hybridized carbons (Fsp3) is 0.350. The van der Waals surface area contributed by atoms with Gasteiger partial charge in [0.05, 0.1) is 7.11 Å². The van der Waals surface area contributed by atoms with Gasteiger partial charge in [-0.25, -0.2) is 0 Å². The Morgan fingerprint density at radius 3 is 2.42 bits per heavy atom. The number of methoxy groups -OCH3 is 1. The van der Waals surface area contributed by atoms with Gasteiger partial charge < -0.3 is 20.3 Å². The van der Waals surface area contributed by atoms with Crippen molar-refractivity contribution in [1.29, 1.82) is 0 Å². The second kappa shape index (κ2) is 12.4. The van der Waals surface area contributed by atoms with Gasteiger partial charge in [-0.3, -0.25) is 4.99 Å². The molecule has 0 saturated carbocycles. The zero-order valence-corrected chi connectivity index (χ0v) is 18.1. The quantitative estimate of drug-likeness (QED) is 0.268. The Bertz CT molecular complexity index is 664. The average molecular weight is 468 g/mol. The number of hydrogen-bond donors (Lipinski definition) is 2. The Balaban J connectivity index is 0.00000338. The maximum atomic E-state index is 5.42. The van der Waals surface area contributed by atoms with Crippen molar-refractivity contribution in [2.24, 2.45) is 4.99 Å². The lowest BCUT2D eigenvalue weighted by molar-refractivity contribution is 0.396. The molecule has 0 unspecified atom stereocenters. The van der Waals surface area contributed by atoms with E-state index in [1.807, 2.05) is 50.5 Å². The molecule has 2 aromatic carbocycles. The summed E-state index contributed by atoms with van der Waals surface area (Å²) >= 11 is 0. The third-order valence-electron chi connectivity index (χ3n) is 3.91. The van der Waals surface area contributed by atoms with E-state index < -0.39 is 0 Å². The SMILES string of the molecule is CN=C(NCCCNc1ccccc1)N(C)Cc1ccccc1OC.I. The Kier molecular flexibility index (Phi) is 10.5. The summed E-state index contributed by atoms with van der Waals surface area (Å²) in [4.78, 5) is 6.47. The summed E-state index contributed by atoms with van der Waals surface area (Å²) in [6.07, 6.45) is 1.01. The van der Waals surface area contributed by atoms with E-state index in [-0.39, 0.29) is 24.0 Å². The first-order valence-electron chi connectivity index (χ1n) is 8.57. The number of para-hydroxylation sites is 2. The average Bonchev–Trinajstić information content (AvgIpc) is 2.66.